The summed E-state index contributed by atoms with van der Waals surface area (Å²) in [5.74, 6) is 0.754. The molecule has 1 atom stereocenters. The number of fused-ring (bicyclic) bond motifs is 1. The summed E-state index contributed by atoms with van der Waals surface area (Å²) >= 11 is 0. The number of piperazine rings is 1. The van der Waals surface area contributed by atoms with Crippen LogP contribution >= 0.6 is 0 Å². The van der Waals surface area contributed by atoms with Crippen molar-refractivity contribution < 1.29 is 9.53 Å². The minimum Gasteiger partial charge on any atom is -0.497 e. The van der Waals surface area contributed by atoms with Crippen LogP contribution in [0, 0.1) is 11.3 Å². The Hall–Kier alpha value is -3.70. The molecule has 8 heteroatoms. The van der Waals surface area contributed by atoms with Crippen LogP contribution in [0.15, 0.2) is 59.7 Å². The monoisotopic (exact) mass is 431 g/mol. The van der Waals surface area contributed by atoms with E-state index in [2.05, 4.69) is 16.0 Å². The molecular weight excluding hydrogens is 406 g/mol. The van der Waals surface area contributed by atoms with Gasteiger partial charge in [0.25, 0.3) is 5.56 Å². The van der Waals surface area contributed by atoms with E-state index in [9.17, 15) is 14.9 Å². The van der Waals surface area contributed by atoms with Crippen LogP contribution in [-0.4, -0.2) is 58.5 Å². The summed E-state index contributed by atoms with van der Waals surface area (Å²) in [5.41, 5.74) is 1.43. The molecule has 4 rings (SSSR count). The third-order valence-electron chi connectivity index (χ3n) is 5.88. The smallest absolute Gasteiger partial charge is 0.261 e. The van der Waals surface area contributed by atoms with Crippen LogP contribution in [0.3, 0.4) is 0 Å². The van der Waals surface area contributed by atoms with Gasteiger partial charge in [-0.2, -0.15) is 5.26 Å². The molecule has 0 saturated carbocycles. The molecule has 32 heavy (non-hydrogen) atoms. The van der Waals surface area contributed by atoms with Crippen LogP contribution in [-0.2, 0) is 11.3 Å². The number of nitriles is 1. The molecule has 0 N–H and O–H groups in total. The van der Waals surface area contributed by atoms with Gasteiger partial charge in [-0.15, -0.1) is 0 Å². The molecule has 2 heterocycles. The molecule has 1 amide bonds. The van der Waals surface area contributed by atoms with Crippen LogP contribution in [0.2, 0.25) is 0 Å². The molecular formula is C24H25N5O3. The summed E-state index contributed by atoms with van der Waals surface area (Å²) in [6.07, 6.45) is 1.74. The number of hydrogen-bond donors (Lipinski definition) is 0. The highest BCUT2D eigenvalue weighted by Crippen LogP contribution is 2.24. The lowest BCUT2D eigenvalue weighted by atomic mass is 10.1. The molecule has 164 valence electrons. The number of hydrogen-bond acceptors (Lipinski definition) is 6. The Balaban J connectivity index is 1.34. The van der Waals surface area contributed by atoms with Gasteiger partial charge in [0, 0.05) is 39.1 Å². The maximum Gasteiger partial charge on any atom is 0.261 e. The lowest BCUT2D eigenvalue weighted by Crippen LogP contribution is -2.49. The fourth-order valence-corrected chi connectivity index (χ4v) is 4.02. The van der Waals surface area contributed by atoms with Crippen LogP contribution in [0.1, 0.15) is 18.0 Å². The van der Waals surface area contributed by atoms with Crippen molar-refractivity contribution >= 4 is 16.8 Å². The molecule has 1 fully saturated rings. The normalized spacial score (nSPS) is 15.3. The Morgan fingerprint density at radius 3 is 2.53 bits per heavy atom. The Labute approximate surface area is 186 Å². The number of amides is 1. The summed E-state index contributed by atoms with van der Waals surface area (Å²) < 4.78 is 6.68. The van der Waals surface area contributed by atoms with Gasteiger partial charge in [-0.25, -0.2) is 4.98 Å². The van der Waals surface area contributed by atoms with Crippen molar-refractivity contribution in [3.63, 3.8) is 0 Å². The third-order valence-corrected chi connectivity index (χ3v) is 5.88. The number of para-hydroxylation sites is 1. The molecule has 3 aromatic rings. The Kier molecular flexibility index (Phi) is 6.47. The largest absolute Gasteiger partial charge is 0.497 e. The zero-order chi connectivity index (χ0) is 22.5. The van der Waals surface area contributed by atoms with E-state index in [1.165, 1.54) is 10.9 Å². The van der Waals surface area contributed by atoms with Gasteiger partial charge in [-0.05, 0) is 29.8 Å². The van der Waals surface area contributed by atoms with Crippen LogP contribution < -0.4 is 10.3 Å². The molecule has 0 spiro atoms. The molecule has 0 radical (unpaired) electrons. The predicted octanol–water partition coefficient (Wildman–Crippen LogP) is 2.20. The average Bonchev–Trinajstić information content (AvgIpc) is 2.85. The highest BCUT2D eigenvalue weighted by molar-refractivity contribution is 5.77. The molecule has 1 aliphatic rings. The number of benzene rings is 2. The summed E-state index contributed by atoms with van der Waals surface area (Å²) in [5, 5.41) is 10.3. The van der Waals surface area contributed by atoms with Gasteiger partial charge < -0.3 is 9.64 Å². The number of aromatic nitrogens is 2. The summed E-state index contributed by atoms with van der Waals surface area (Å²) in [4.78, 5) is 33.5. The van der Waals surface area contributed by atoms with Gasteiger partial charge in [-0.3, -0.25) is 19.1 Å². The number of methoxy groups -OCH3 is 1. The number of aryl methyl sites for hydroxylation is 1. The predicted molar refractivity (Wildman–Crippen MR) is 120 cm³/mol. The van der Waals surface area contributed by atoms with E-state index in [-0.39, 0.29) is 23.9 Å². The van der Waals surface area contributed by atoms with Crippen molar-refractivity contribution in [1.29, 1.82) is 5.26 Å². The van der Waals surface area contributed by atoms with E-state index < -0.39 is 0 Å². The zero-order valence-corrected chi connectivity index (χ0v) is 18.0. The fraction of sp³-hybridized carbons (Fsp3) is 0.333. The minimum absolute atomic E-state index is 0.00247. The molecule has 1 aromatic heterocycles. The van der Waals surface area contributed by atoms with Crippen molar-refractivity contribution in [1.82, 2.24) is 19.4 Å². The Morgan fingerprint density at radius 1 is 1.12 bits per heavy atom. The van der Waals surface area contributed by atoms with Gasteiger partial charge in [0.15, 0.2) is 0 Å². The highest BCUT2D eigenvalue weighted by atomic mass is 16.5. The van der Waals surface area contributed by atoms with Gasteiger partial charge >= 0.3 is 0 Å². The number of nitrogens with zero attached hydrogens (tertiary/aromatic N) is 5. The van der Waals surface area contributed by atoms with E-state index in [4.69, 9.17) is 4.74 Å². The lowest BCUT2D eigenvalue weighted by Gasteiger charge is -2.37. The maximum atomic E-state index is 12.7. The van der Waals surface area contributed by atoms with E-state index in [0.717, 1.165) is 11.3 Å². The molecule has 0 aliphatic carbocycles. The van der Waals surface area contributed by atoms with Crippen LogP contribution in [0.4, 0.5) is 0 Å². The van der Waals surface area contributed by atoms with Crippen molar-refractivity contribution in [3.05, 3.63) is 70.8 Å². The first-order chi connectivity index (χ1) is 15.6. The summed E-state index contributed by atoms with van der Waals surface area (Å²) in [6.45, 7) is 2.64. The maximum absolute atomic E-state index is 12.7. The number of carbonyl (C=O) groups excluding carboxylic acids is 1. The first kappa shape index (κ1) is 21.5. The molecule has 1 unspecified atom stereocenters. The quantitative estimate of drug-likeness (QED) is 0.594. The first-order valence-electron chi connectivity index (χ1n) is 10.6. The molecule has 2 aromatic carbocycles. The van der Waals surface area contributed by atoms with E-state index >= 15 is 0 Å². The lowest BCUT2D eigenvalue weighted by molar-refractivity contribution is -0.133. The second-order valence-electron chi connectivity index (χ2n) is 7.73. The second-order valence-corrected chi connectivity index (χ2v) is 7.73. The third kappa shape index (κ3) is 4.48. The van der Waals surface area contributed by atoms with Crippen molar-refractivity contribution in [3.8, 4) is 11.8 Å². The van der Waals surface area contributed by atoms with Gasteiger partial charge in [-0.1, -0.05) is 24.3 Å². The molecule has 0 bridgehead atoms. The van der Waals surface area contributed by atoms with Crippen LogP contribution in [0.25, 0.3) is 10.9 Å². The van der Waals surface area contributed by atoms with Gasteiger partial charge in [0.05, 0.1) is 30.4 Å². The van der Waals surface area contributed by atoms with Crippen LogP contribution in [0.5, 0.6) is 5.75 Å². The standard InChI is InChI=1S/C24H25N5O3/c1-32-19-8-6-18(7-9-19)22(16-25)27-12-14-28(15-13-27)23(30)10-11-29-17-26-21-5-3-2-4-20(21)24(29)31/h2-9,17,22H,10-15H2,1H3. The van der Waals surface area contributed by atoms with Gasteiger partial charge in [0.2, 0.25) is 5.91 Å². The molecule has 8 nitrogen and oxygen atoms in total. The fourth-order valence-electron chi connectivity index (χ4n) is 4.02. The van der Waals surface area contributed by atoms with Gasteiger partial charge in [0.1, 0.15) is 11.8 Å². The number of rotatable bonds is 6. The van der Waals surface area contributed by atoms with E-state index in [1.807, 2.05) is 30.3 Å². The first-order valence-corrected chi connectivity index (χ1v) is 10.6. The minimum atomic E-state index is -0.361. The Morgan fingerprint density at radius 2 is 1.84 bits per heavy atom. The SMILES string of the molecule is COc1ccc(C(C#N)N2CCN(C(=O)CCn3cnc4ccccc4c3=O)CC2)cc1. The number of ether oxygens (including phenoxy) is 1. The van der Waals surface area contributed by atoms with Crippen molar-refractivity contribution in [2.24, 2.45) is 0 Å². The van der Waals surface area contributed by atoms with Crippen molar-refractivity contribution in [2.75, 3.05) is 33.3 Å². The second kappa shape index (κ2) is 9.62. The molecule has 1 aliphatic heterocycles. The average molecular weight is 431 g/mol. The summed E-state index contributed by atoms with van der Waals surface area (Å²) in [6, 6.07) is 16.7. The highest BCUT2D eigenvalue weighted by Gasteiger charge is 2.27. The zero-order valence-electron chi connectivity index (χ0n) is 18.0. The van der Waals surface area contributed by atoms with E-state index in [1.54, 1.807) is 30.2 Å². The Bertz CT molecular complexity index is 1190. The molecule has 1 saturated heterocycles. The topological polar surface area (TPSA) is 91.5 Å². The number of carbonyl (C=O) groups is 1. The van der Waals surface area contributed by atoms with Crippen molar-refractivity contribution in [2.45, 2.75) is 19.0 Å². The summed E-state index contributed by atoms with van der Waals surface area (Å²) in [7, 11) is 1.61. The van der Waals surface area contributed by atoms with E-state index in [0.29, 0.717) is 43.6 Å².